The van der Waals surface area contributed by atoms with Gasteiger partial charge in [-0.05, 0) is 50.1 Å². The van der Waals surface area contributed by atoms with Crippen LogP contribution >= 0.6 is 0 Å². The number of aryl methyl sites for hydroxylation is 3. The third-order valence-electron chi connectivity index (χ3n) is 6.48. The molecule has 0 atom stereocenters. The molecule has 35 heavy (non-hydrogen) atoms. The second-order valence-corrected chi connectivity index (χ2v) is 9.25. The molecule has 3 aromatic rings. The molecule has 1 aliphatic heterocycles. The first kappa shape index (κ1) is 24.7. The van der Waals surface area contributed by atoms with Crippen molar-refractivity contribution in [2.24, 2.45) is 0 Å². The molecule has 0 unspecified atom stereocenters. The summed E-state index contributed by atoms with van der Waals surface area (Å²) < 4.78 is 5.79. The molecule has 0 aliphatic carbocycles. The zero-order valence-electron chi connectivity index (χ0n) is 20.8. The number of ketones is 1. The van der Waals surface area contributed by atoms with E-state index in [2.05, 4.69) is 51.3 Å². The third-order valence-corrected chi connectivity index (χ3v) is 6.48. The molecular weight excluding hydrogens is 440 g/mol. The summed E-state index contributed by atoms with van der Waals surface area (Å²) in [6, 6.07) is 16.4. The van der Waals surface area contributed by atoms with Crippen LogP contribution in [0.2, 0.25) is 0 Å². The topological polar surface area (TPSA) is 78.7 Å². The molecular formula is C28H34N4O3. The van der Waals surface area contributed by atoms with E-state index in [9.17, 15) is 9.59 Å². The molecule has 1 aromatic heterocycles. The Morgan fingerprint density at radius 2 is 1.77 bits per heavy atom. The van der Waals surface area contributed by atoms with Crippen LogP contribution in [-0.4, -0.2) is 60.8 Å². The van der Waals surface area contributed by atoms with Crippen molar-refractivity contribution >= 4 is 17.4 Å². The summed E-state index contributed by atoms with van der Waals surface area (Å²) in [5.74, 6) is 0.716. The number of hydrogen-bond acceptors (Lipinski definition) is 6. The van der Waals surface area contributed by atoms with Gasteiger partial charge in [0.05, 0.1) is 18.5 Å². The lowest BCUT2D eigenvalue weighted by Gasteiger charge is -2.36. The highest BCUT2D eigenvalue weighted by atomic mass is 16.4. The maximum absolute atomic E-state index is 12.5. The van der Waals surface area contributed by atoms with Crippen LogP contribution in [0.25, 0.3) is 11.5 Å². The molecule has 0 spiro atoms. The van der Waals surface area contributed by atoms with E-state index >= 15 is 0 Å². The highest BCUT2D eigenvalue weighted by Gasteiger charge is 2.19. The van der Waals surface area contributed by atoms with Gasteiger partial charge in [-0.2, -0.15) is 0 Å². The second-order valence-electron chi connectivity index (χ2n) is 9.25. The van der Waals surface area contributed by atoms with Crippen LogP contribution < -0.4 is 10.2 Å². The van der Waals surface area contributed by atoms with Crippen molar-refractivity contribution in [3.8, 4) is 11.5 Å². The number of amides is 1. The molecule has 0 bridgehead atoms. The SMILES string of the molecule is Cc1cccc(N2CCN(CCNC(=O)CC(=O)Cc3nc(-c4ccccc4C)oc3C)CC2)c1. The van der Waals surface area contributed by atoms with Crippen LogP contribution in [0.15, 0.2) is 52.9 Å². The lowest BCUT2D eigenvalue weighted by atomic mass is 10.1. The van der Waals surface area contributed by atoms with Crippen molar-refractivity contribution < 1.29 is 14.0 Å². The quantitative estimate of drug-likeness (QED) is 0.477. The Kier molecular flexibility index (Phi) is 7.98. The van der Waals surface area contributed by atoms with E-state index in [-0.39, 0.29) is 24.5 Å². The first-order valence-corrected chi connectivity index (χ1v) is 12.2. The number of oxazole rings is 1. The number of anilines is 1. The number of carbonyl (C=O) groups is 2. The van der Waals surface area contributed by atoms with E-state index in [1.54, 1.807) is 6.92 Å². The first-order valence-electron chi connectivity index (χ1n) is 12.2. The number of benzene rings is 2. The van der Waals surface area contributed by atoms with Crippen LogP contribution in [0.1, 0.15) is 29.0 Å². The van der Waals surface area contributed by atoms with Crippen LogP contribution in [0.3, 0.4) is 0 Å². The van der Waals surface area contributed by atoms with E-state index in [1.165, 1.54) is 11.3 Å². The van der Waals surface area contributed by atoms with Crippen molar-refractivity contribution in [2.45, 2.75) is 33.6 Å². The molecule has 1 amide bonds. The van der Waals surface area contributed by atoms with Crippen molar-refractivity contribution in [3.05, 3.63) is 71.1 Å². The molecule has 184 valence electrons. The van der Waals surface area contributed by atoms with Gasteiger partial charge < -0.3 is 14.6 Å². The second kappa shape index (κ2) is 11.3. The summed E-state index contributed by atoms with van der Waals surface area (Å²) in [7, 11) is 0. The van der Waals surface area contributed by atoms with Crippen LogP contribution in [0.5, 0.6) is 0 Å². The molecule has 7 heteroatoms. The molecule has 0 radical (unpaired) electrons. The van der Waals surface area contributed by atoms with Gasteiger partial charge in [0, 0.05) is 50.5 Å². The third kappa shape index (κ3) is 6.57. The molecule has 1 saturated heterocycles. The van der Waals surface area contributed by atoms with Crippen molar-refractivity contribution in [2.75, 3.05) is 44.2 Å². The Bertz CT molecular complexity index is 1180. The minimum absolute atomic E-state index is 0.0928. The van der Waals surface area contributed by atoms with Gasteiger partial charge in [-0.3, -0.25) is 14.5 Å². The predicted molar refractivity (Wildman–Crippen MR) is 138 cm³/mol. The number of nitrogens with zero attached hydrogens (tertiary/aromatic N) is 3. The monoisotopic (exact) mass is 474 g/mol. The highest BCUT2D eigenvalue weighted by molar-refractivity contribution is 5.98. The average Bonchev–Trinajstić information content (AvgIpc) is 3.19. The molecule has 2 heterocycles. The maximum atomic E-state index is 12.5. The van der Waals surface area contributed by atoms with Gasteiger partial charge in [-0.1, -0.05) is 30.3 Å². The summed E-state index contributed by atoms with van der Waals surface area (Å²) in [4.78, 5) is 34.1. The Morgan fingerprint density at radius 1 is 1.00 bits per heavy atom. The van der Waals surface area contributed by atoms with Crippen LogP contribution in [0, 0.1) is 20.8 Å². The zero-order chi connectivity index (χ0) is 24.8. The zero-order valence-corrected chi connectivity index (χ0v) is 20.8. The smallest absolute Gasteiger partial charge is 0.227 e. The normalized spacial score (nSPS) is 14.2. The van der Waals surface area contributed by atoms with Gasteiger partial charge in [-0.25, -0.2) is 4.98 Å². The largest absolute Gasteiger partial charge is 0.441 e. The minimum atomic E-state index is -0.242. The van der Waals surface area contributed by atoms with Crippen molar-refractivity contribution in [1.29, 1.82) is 0 Å². The van der Waals surface area contributed by atoms with Gasteiger partial charge in [0.25, 0.3) is 0 Å². The fourth-order valence-corrected chi connectivity index (χ4v) is 4.42. The highest BCUT2D eigenvalue weighted by Crippen LogP contribution is 2.25. The minimum Gasteiger partial charge on any atom is -0.441 e. The van der Waals surface area contributed by atoms with Crippen LogP contribution in [-0.2, 0) is 16.0 Å². The Balaban J connectivity index is 1.18. The molecule has 2 aromatic carbocycles. The Hall–Kier alpha value is -3.45. The van der Waals surface area contributed by atoms with Gasteiger partial charge in [0.1, 0.15) is 11.5 Å². The predicted octanol–water partition coefficient (Wildman–Crippen LogP) is 3.71. The number of aromatic nitrogens is 1. The number of Topliss-reactive ketones (excluding diaryl/α,β-unsaturated/α-hetero) is 1. The van der Waals surface area contributed by atoms with Gasteiger partial charge in [-0.15, -0.1) is 0 Å². The number of rotatable bonds is 9. The lowest BCUT2D eigenvalue weighted by Crippen LogP contribution is -2.48. The van der Waals surface area contributed by atoms with Gasteiger partial charge in [0.15, 0.2) is 0 Å². The molecule has 1 N–H and O–H groups in total. The van der Waals surface area contributed by atoms with Crippen LogP contribution in [0.4, 0.5) is 5.69 Å². The van der Waals surface area contributed by atoms with Crippen molar-refractivity contribution in [1.82, 2.24) is 15.2 Å². The molecule has 1 aliphatic rings. The van der Waals surface area contributed by atoms with Gasteiger partial charge >= 0.3 is 0 Å². The summed E-state index contributed by atoms with van der Waals surface area (Å²) in [5.41, 5.74) is 5.10. The van der Waals surface area contributed by atoms with Gasteiger partial charge in [0.2, 0.25) is 11.8 Å². The Morgan fingerprint density at radius 3 is 2.51 bits per heavy atom. The lowest BCUT2D eigenvalue weighted by molar-refractivity contribution is -0.127. The fourth-order valence-electron chi connectivity index (χ4n) is 4.42. The standard InChI is InChI=1S/C28H34N4O3/c1-20-7-6-9-23(17-20)32-15-13-31(14-16-32)12-11-29-27(34)19-24(33)18-26-22(3)35-28(30-26)25-10-5-4-8-21(25)2/h4-10,17H,11-16,18-19H2,1-3H3,(H,29,34). The number of nitrogens with one attached hydrogen (secondary N) is 1. The fraction of sp³-hybridized carbons (Fsp3) is 0.393. The van der Waals surface area contributed by atoms with E-state index in [4.69, 9.17) is 4.42 Å². The summed E-state index contributed by atoms with van der Waals surface area (Å²) >= 11 is 0. The summed E-state index contributed by atoms with van der Waals surface area (Å²) in [5, 5.41) is 2.89. The Labute approximate surface area is 207 Å². The number of piperazine rings is 1. The average molecular weight is 475 g/mol. The van der Waals surface area contributed by atoms with Crippen molar-refractivity contribution in [3.63, 3.8) is 0 Å². The molecule has 4 rings (SSSR count). The van der Waals surface area contributed by atoms with E-state index < -0.39 is 0 Å². The number of hydrogen-bond donors (Lipinski definition) is 1. The van der Waals surface area contributed by atoms with E-state index in [0.717, 1.165) is 43.9 Å². The molecule has 0 saturated carbocycles. The number of carbonyl (C=O) groups excluding carboxylic acids is 2. The molecule has 7 nitrogen and oxygen atoms in total. The van der Waals surface area contributed by atoms with E-state index in [0.29, 0.717) is 23.9 Å². The summed E-state index contributed by atoms with van der Waals surface area (Å²) in [6.45, 7) is 11.1. The summed E-state index contributed by atoms with van der Waals surface area (Å²) in [6.07, 6.45) is -0.0529. The first-order chi connectivity index (χ1) is 16.9. The molecule has 1 fully saturated rings. The maximum Gasteiger partial charge on any atom is 0.227 e. The van der Waals surface area contributed by atoms with E-state index in [1.807, 2.05) is 31.2 Å².